The summed E-state index contributed by atoms with van der Waals surface area (Å²) in [4.78, 5) is 4.83. The Kier molecular flexibility index (Phi) is 5.66. The van der Waals surface area contributed by atoms with E-state index < -0.39 is 0 Å². The Morgan fingerprint density at radius 2 is 1.64 bits per heavy atom. The van der Waals surface area contributed by atoms with Gasteiger partial charge in [0.15, 0.2) is 0 Å². The average molecular weight is 386 g/mol. The lowest BCUT2D eigenvalue weighted by atomic mass is 10.0. The van der Waals surface area contributed by atoms with Crippen molar-refractivity contribution < 1.29 is 0 Å². The largest absolute Gasteiger partial charge is 0.340 e. The molecule has 1 aliphatic heterocycles. The van der Waals surface area contributed by atoms with E-state index >= 15 is 0 Å². The van der Waals surface area contributed by atoms with Gasteiger partial charge in [-0.15, -0.1) is 0 Å². The molecule has 0 spiro atoms. The molecule has 0 aromatic heterocycles. The molecule has 0 saturated carbocycles. The second-order valence-corrected chi connectivity index (χ2v) is 8.11. The van der Waals surface area contributed by atoms with Crippen LogP contribution in [0.5, 0.6) is 0 Å². The van der Waals surface area contributed by atoms with Crippen LogP contribution in [0.15, 0.2) is 82.6 Å². The molecule has 0 fully saturated rings. The van der Waals surface area contributed by atoms with Crippen LogP contribution in [0.1, 0.15) is 36.4 Å². The number of nitrogens with two attached hydrogens (primary N) is 1. The van der Waals surface area contributed by atoms with E-state index in [1.165, 1.54) is 21.0 Å². The fourth-order valence-corrected chi connectivity index (χ4v) is 4.72. The molecule has 0 unspecified atom stereocenters. The highest BCUT2D eigenvalue weighted by Gasteiger charge is 2.23. The maximum absolute atomic E-state index is 9.31. The molecule has 0 amide bonds. The van der Waals surface area contributed by atoms with Gasteiger partial charge in [0.2, 0.25) is 0 Å². The minimum absolute atomic E-state index is 0.0860. The van der Waals surface area contributed by atoms with Crippen molar-refractivity contribution in [2.75, 3.05) is 11.4 Å². The highest BCUT2D eigenvalue weighted by Crippen LogP contribution is 2.48. The zero-order chi connectivity index (χ0) is 19.3. The predicted octanol–water partition coefficient (Wildman–Crippen LogP) is 6.03. The fraction of sp³-hybridized carbons (Fsp3) is 0.208. The second-order valence-electron chi connectivity index (χ2n) is 7.03. The third kappa shape index (κ3) is 3.91. The fourth-order valence-electron chi connectivity index (χ4n) is 3.64. The highest BCUT2D eigenvalue weighted by molar-refractivity contribution is 7.99. The number of fused-ring (bicyclic) bond motifs is 2. The maximum Gasteiger partial charge on any atom is 0.0992 e. The number of anilines is 2. The van der Waals surface area contributed by atoms with Crippen LogP contribution in [0.2, 0.25) is 0 Å². The third-order valence-corrected chi connectivity index (χ3v) is 6.26. The van der Waals surface area contributed by atoms with E-state index in [1.54, 1.807) is 11.8 Å². The number of hydrogen-bond donors (Lipinski definition) is 1. The first kappa shape index (κ1) is 18.6. The molecule has 0 bridgehead atoms. The molecule has 0 radical (unpaired) electrons. The van der Waals surface area contributed by atoms with Gasteiger partial charge in [0.25, 0.3) is 0 Å². The van der Waals surface area contributed by atoms with Crippen LogP contribution < -0.4 is 10.6 Å². The van der Waals surface area contributed by atoms with E-state index in [2.05, 4.69) is 53.4 Å². The summed E-state index contributed by atoms with van der Waals surface area (Å²) in [7, 11) is 0. The van der Waals surface area contributed by atoms with Crippen LogP contribution in [0.4, 0.5) is 11.4 Å². The molecule has 4 rings (SSSR count). The number of unbranched alkanes of at least 4 members (excludes halogenated alkanes) is 1. The average Bonchev–Trinajstić information content (AvgIpc) is 2.76. The number of rotatable bonds is 6. The number of nitrogens with zero attached hydrogens (tertiary/aromatic N) is 2. The van der Waals surface area contributed by atoms with Gasteiger partial charge in [0.1, 0.15) is 0 Å². The monoisotopic (exact) mass is 385 g/mol. The first-order chi connectivity index (χ1) is 13.8. The van der Waals surface area contributed by atoms with Gasteiger partial charge >= 0.3 is 0 Å². The number of hydrogen-bond acceptors (Lipinski definition) is 4. The van der Waals surface area contributed by atoms with E-state index in [-0.39, 0.29) is 6.04 Å². The molecule has 3 aromatic rings. The zero-order valence-corrected chi connectivity index (χ0v) is 16.5. The Hall–Kier alpha value is -2.74. The minimum Gasteiger partial charge on any atom is -0.340 e. The quantitative estimate of drug-likeness (QED) is 0.526. The SMILES string of the molecule is N#Cc1ccc2c(c1)N(CCCC[C@@H](N)c1ccccc1)c1ccccc1S2. The topological polar surface area (TPSA) is 53.0 Å². The number of para-hydroxylation sites is 1. The summed E-state index contributed by atoms with van der Waals surface area (Å²) in [5.74, 6) is 0. The lowest BCUT2D eigenvalue weighted by Gasteiger charge is -2.33. The Morgan fingerprint density at radius 3 is 2.46 bits per heavy atom. The van der Waals surface area contributed by atoms with Gasteiger partial charge in [-0.2, -0.15) is 5.26 Å². The van der Waals surface area contributed by atoms with Gasteiger partial charge in [-0.1, -0.05) is 54.2 Å². The summed E-state index contributed by atoms with van der Waals surface area (Å²) >= 11 is 1.78. The van der Waals surface area contributed by atoms with Crippen molar-refractivity contribution in [2.45, 2.75) is 35.1 Å². The summed E-state index contributed by atoms with van der Waals surface area (Å²) in [6, 6.07) is 27.1. The summed E-state index contributed by atoms with van der Waals surface area (Å²) in [5.41, 5.74) is 10.6. The molecule has 28 heavy (non-hydrogen) atoms. The van der Waals surface area contributed by atoms with Gasteiger partial charge in [0, 0.05) is 22.4 Å². The van der Waals surface area contributed by atoms with E-state index in [9.17, 15) is 5.26 Å². The predicted molar refractivity (Wildman–Crippen MR) is 116 cm³/mol. The summed E-state index contributed by atoms with van der Waals surface area (Å²) in [6.07, 6.45) is 3.09. The molecule has 1 atom stereocenters. The van der Waals surface area contributed by atoms with Crippen molar-refractivity contribution in [2.24, 2.45) is 5.73 Å². The van der Waals surface area contributed by atoms with Crippen molar-refractivity contribution in [3.8, 4) is 6.07 Å². The van der Waals surface area contributed by atoms with Gasteiger partial charge in [0.05, 0.1) is 23.0 Å². The van der Waals surface area contributed by atoms with Crippen molar-refractivity contribution in [3.05, 3.63) is 83.9 Å². The normalized spacial score (nSPS) is 13.4. The Bertz CT molecular complexity index is 994. The standard InChI is InChI=1S/C24H23N3S/c25-17-18-13-14-24-22(16-18)27(21-11-4-5-12-23(21)28-24)15-7-6-10-20(26)19-8-2-1-3-9-19/h1-5,8-9,11-14,16,20H,6-7,10,15,26H2/t20-/m1/s1. The van der Waals surface area contributed by atoms with Gasteiger partial charge in [-0.05, 0) is 55.2 Å². The number of benzene rings is 3. The van der Waals surface area contributed by atoms with E-state index in [0.29, 0.717) is 5.56 Å². The Balaban J connectivity index is 1.47. The van der Waals surface area contributed by atoms with Crippen molar-refractivity contribution in [1.82, 2.24) is 0 Å². The van der Waals surface area contributed by atoms with Gasteiger partial charge < -0.3 is 10.6 Å². The second kappa shape index (κ2) is 8.52. The Labute approximate surface area is 170 Å². The minimum atomic E-state index is 0.0860. The molecule has 3 aromatic carbocycles. The molecular weight excluding hydrogens is 362 g/mol. The van der Waals surface area contributed by atoms with Crippen LogP contribution in [-0.2, 0) is 0 Å². The van der Waals surface area contributed by atoms with Crippen LogP contribution in [0, 0.1) is 11.3 Å². The molecule has 140 valence electrons. The third-order valence-electron chi connectivity index (χ3n) is 5.13. The molecule has 0 saturated heterocycles. The van der Waals surface area contributed by atoms with Gasteiger partial charge in [-0.25, -0.2) is 0 Å². The zero-order valence-electron chi connectivity index (χ0n) is 15.7. The van der Waals surface area contributed by atoms with E-state index in [0.717, 1.165) is 31.5 Å². The first-order valence-corrected chi connectivity index (χ1v) is 10.5. The van der Waals surface area contributed by atoms with Crippen molar-refractivity contribution in [3.63, 3.8) is 0 Å². The molecule has 3 nitrogen and oxygen atoms in total. The van der Waals surface area contributed by atoms with Crippen LogP contribution in [-0.4, -0.2) is 6.54 Å². The molecule has 1 heterocycles. The highest BCUT2D eigenvalue weighted by atomic mass is 32.2. The summed E-state index contributed by atoms with van der Waals surface area (Å²) in [5, 5.41) is 9.31. The van der Waals surface area contributed by atoms with E-state index in [1.807, 2.05) is 30.3 Å². The molecule has 2 N–H and O–H groups in total. The molecule has 1 aliphatic rings. The van der Waals surface area contributed by atoms with Crippen LogP contribution in [0.3, 0.4) is 0 Å². The maximum atomic E-state index is 9.31. The van der Waals surface area contributed by atoms with Crippen LogP contribution >= 0.6 is 11.8 Å². The van der Waals surface area contributed by atoms with Crippen LogP contribution in [0.25, 0.3) is 0 Å². The lowest BCUT2D eigenvalue weighted by molar-refractivity contribution is 0.588. The van der Waals surface area contributed by atoms with Gasteiger partial charge in [-0.3, -0.25) is 0 Å². The summed E-state index contributed by atoms with van der Waals surface area (Å²) in [6.45, 7) is 0.918. The lowest BCUT2D eigenvalue weighted by Crippen LogP contribution is -2.22. The summed E-state index contributed by atoms with van der Waals surface area (Å²) < 4.78 is 0. The van der Waals surface area contributed by atoms with Crippen molar-refractivity contribution in [1.29, 1.82) is 5.26 Å². The molecular formula is C24H23N3S. The smallest absolute Gasteiger partial charge is 0.0992 e. The molecule has 4 heteroatoms. The number of nitriles is 1. The first-order valence-electron chi connectivity index (χ1n) is 9.65. The van der Waals surface area contributed by atoms with Crippen molar-refractivity contribution >= 4 is 23.1 Å². The van der Waals surface area contributed by atoms with E-state index in [4.69, 9.17) is 5.73 Å². The molecule has 0 aliphatic carbocycles. The Morgan fingerprint density at radius 1 is 0.893 bits per heavy atom.